The van der Waals surface area contributed by atoms with Crippen LogP contribution in [0.15, 0.2) is 106 Å². The molecular formula is C32H34F4O6S2. The quantitative estimate of drug-likeness (QED) is 0.170. The van der Waals surface area contributed by atoms with Crippen molar-refractivity contribution in [2.45, 2.75) is 77.6 Å². The summed E-state index contributed by atoms with van der Waals surface area (Å²) in [5, 5.41) is -5.58. The van der Waals surface area contributed by atoms with Gasteiger partial charge in [0.25, 0.3) is 0 Å². The molecule has 0 N–H and O–H groups in total. The molecule has 0 radical (unpaired) electrons. The largest absolute Gasteiger partial charge is 0.509 e. The van der Waals surface area contributed by atoms with Crippen molar-refractivity contribution in [1.82, 2.24) is 0 Å². The van der Waals surface area contributed by atoms with Gasteiger partial charge in [0, 0.05) is 20.6 Å². The smallest absolute Gasteiger partial charge is 0.431 e. The van der Waals surface area contributed by atoms with Gasteiger partial charge in [-0.1, -0.05) is 54.6 Å². The lowest BCUT2D eigenvalue weighted by Crippen LogP contribution is -2.54. The predicted octanol–water partition coefficient (Wildman–Crippen LogP) is 8.82. The molecule has 4 unspecified atom stereocenters. The maximum atomic E-state index is 16.0. The van der Waals surface area contributed by atoms with Crippen LogP contribution < -0.4 is 0 Å². The highest BCUT2D eigenvalue weighted by molar-refractivity contribution is 8.33. The van der Waals surface area contributed by atoms with Gasteiger partial charge in [-0.2, -0.15) is 26.0 Å². The maximum absolute atomic E-state index is 16.0. The average Bonchev–Trinajstić information content (AvgIpc) is 3.57. The van der Waals surface area contributed by atoms with Crippen LogP contribution in [0.1, 0.15) is 40.0 Å². The summed E-state index contributed by atoms with van der Waals surface area (Å²) < 4.78 is 107. The van der Waals surface area contributed by atoms with E-state index in [1.54, 1.807) is 75.4 Å². The lowest BCUT2D eigenvalue weighted by Gasteiger charge is -2.42. The summed E-state index contributed by atoms with van der Waals surface area (Å²) in [7, 11) is -9.76. The van der Waals surface area contributed by atoms with E-state index in [-0.39, 0.29) is 27.5 Å². The minimum absolute atomic E-state index is 0.0952. The summed E-state index contributed by atoms with van der Waals surface area (Å²) in [5.41, 5.74) is -0.836. The summed E-state index contributed by atoms with van der Waals surface area (Å²) in [6.07, 6.45) is -2.20. The molecule has 2 bridgehead atoms. The summed E-state index contributed by atoms with van der Waals surface area (Å²) in [6.45, 7) is 4.92. The molecule has 0 saturated heterocycles. The third kappa shape index (κ3) is 5.83. The van der Waals surface area contributed by atoms with Crippen LogP contribution in [0, 0.1) is 17.8 Å². The van der Waals surface area contributed by atoms with Crippen molar-refractivity contribution in [3.8, 4) is 0 Å². The van der Waals surface area contributed by atoms with Gasteiger partial charge in [-0.05, 0) is 98.6 Å². The molecule has 2 aliphatic carbocycles. The molecule has 3 aromatic carbocycles. The summed E-state index contributed by atoms with van der Waals surface area (Å²) in [6, 6.07) is 23.7. The molecule has 2 aliphatic rings. The van der Waals surface area contributed by atoms with Crippen LogP contribution in [0.4, 0.5) is 22.4 Å². The average molecular weight is 655 g/mol. The van der Waals surface area contributed by atoms with Crippen LogP contribution in [0.25, 0.3) is 0 Å². The molecule has 0 spiro atoms. The van der Waals surface area contributed by atoms with Crippen LogP contribution in [0.2, 0.25) is 0 Å². The highest BCUT2D eigenvalue weighted by Crippen LogP contribution is 2.71. The van der Waals surface area contributed by atoms with Crippen molar-refractivity contribution in [1.29, 1.82) is 0 Å². The number of rotatable bonds is 9. The zero-order chi connectivity index (χ0) is 32.0. The molecule has 2 fully saturated rings. The van der Waals surface area contributed by atoms with Gasteiger partial charge < -0.3 is 9.47 Å². The van der Waals surface area contributed by atoms with Crippen molar-refractivity contribution in [2.75, 3.05) is 0 Å². The number of hydrogen-bond acceptors (Lipinski definition) is 6. The first-order valence-corrected chi connectivity index (χ1v) is 17.1. The number of hydrogen-bond donors (Lipinski definition) is 0. The highest BCUT2D eigenvalue weighted by atomic mass is 32.3. The van der Waals surface area contributed by atoms with E-state index >= 15 is 17.6 Å². The standard InChI is InChI=1S/C32H34F4O6S2/c1-30(2,3)41-29(37)40-28-21-22-19-23(28)20-27(22)31(33,34)32(35,36)44(38,39)42-43(24-13-7-4-8-14-24,25-15-9-5-10-16-25)26-17-11-6-12-18-26/h4-18,22-23,27-28H,19-21H2,1-3H3. The number of fused-ring (bicyclic) bond motifs is 2. The lowest BCUT2D eigenvalue weighted by atomic mass is 9.82. The lowest BCUT2D eigenvalue weighted by molar-refractivity contribution is -0.205. The number of halogens is 4. The van der Waals surface area contributed by atoms with E-state index in [1.165, 1.54) is 36.4 Å². The van der Waals surface area contributed by atoms with Crippen molar-refractivity contribution >= 4 is 26.6 Å². The van der Waals surface area contributed by atoms with Gasteiger partial charge in [0.1, 0.15) is 11.7 Å². The molecule has 0 aliphatic heterocycles. The Balaban J connectivity index is 1.48. The molecule has 4 atom stereocenters. The Morgan fingerprint density at radius 1 is 0.705 bits per heavy atom. The highest BCUT2D eigenvalue weighted by Gasteiger charge is 2.74. The zero-order valence-electron chi connectivity index (χ0n) is 24.4. The van der Waals surface area contributed by atoms with Crippen LogP contribution in [0.5, 0.6) is 0 Å². The first-order chi connectivity index (χ1) is 20.6. The molecule has 5 rings (SSSR count). The Labute approximate surface area is 256 Å². The second-order valence-electron chi connectivity index (χ2n) is 12.1. The van der Waals surface area contributed by atoms with Gasteiger partial charge in [0.05, 0.1) is 0 Å². The second kappa shape index (κ2) is 11.7. The normalized spacial score (nSPS) is 22.9. The van der Waals surface area contributed by atoms with Crippen molar-refractivity contribution in [3.63, 3.8) is 0 Å². The van der Waals surface area contributed by atoms with E-state index < -0.39 is 73.6 Å². The van der Waals surface area contributed by atoms with Crippen molar-refractivity contribution in [2.24, 2.45) is 17.8 Å². The van der Waals surface area contributed by atoms with Gasteiger partial charge in [-0.3, -0.25) is 0 Å². The Morgan fingerprint density at radius 3 is 1.55 bits per heavy atom. The minimum atomic E-state index is -6.28. The molecular weight excluding hydrogens is 620 g/mol. The fourth-order valence-corrected chi connectivity index (χ4v) is 11.4. The van der Waals surface area contributed by atoms with Crippen LogP contribution in [-0.4, -0.2) is 37.5 Å². The first kappa shape index (κ1) is 32.3. The molecule has 2 saturated carbocycles. The molecule has 12 heteroatoms. The molecule has 0 heterocycles. The molecule has 44 heavy (non-hydrogen) atoms. The molecule has 3 aromatic rings. The third-order valence-electron chi connectivity index (χ3n) is 8.01. The fraction of sp³-hybridized carbons (Fsp3) is 0.406. The van der Waals surface area contributed by atoms with Gasteiger partial charge >= 0.3 is 27.5 Å². The van der Waals surface area contributed by atoms with E-state index in [0.717, 1.165) is 0 Å². The van der Waals surface area contributed by atoms with Gasteiger partial charge in [0.2, 0.25) is 0 Å². The molecule has 0 amide bonds. The minimum Gasteiger partial charge on any atom is -0.431 e. The van der Waals surface area contributed by atoms with Crippen molar-refractivity contribution < 1.29 is 43.9 Å². The Bertz CT molecular complexity index is 1470. The van der Waals surface area contributed by atoms with Gasteiger partial charge in [-0.15, -0.1) is 0 Å². The maximum Gasteiger partial charge on any atom is 0.509 e. The zero-order valence-corrected chi connectivity index (χ0v) is 26.0. The summed E-state index contributed by atoms with van der Waals surface area (Å²) >= 11 is 0. The third-order valence-corrected chi connectivity index (χ3v) is 13.3. The van der Waals surface area contributed by atoms with Crippen LogP contribution in [-0.2, 0) is 23.2 Å². The van der Waals surface area contributed by atoms with E-state index in [1.807, 2.05) is 0 Å². The van der Waals surface area contributed by atoms with E-state index in [0.29, 0.717) is 0 Å². The fourth-order valence-electron chi connectivity index (χ4n) is 6.13. The van der Waals surface area contributed by atoms with Crippen molar-refractivity contribution in [3.05, 3.63) is 91.0 Å². The van der Waals surface area contributed by atoms with E-state index in [2.05, 4.69) is 0 Å². The first-order valence-electron chi connectivity index (χ1n) is 14.2. The number of alkyl halides is 4. The number of ether oxygens (including phenoxy) is 2. The van der Waals surface area contributed by atoms with Gasteiger partial charge in [-0.25, -0.2) is 8.42 Å². The monoisotopic (exact) mass is 654 g/mol. The van der Waals surface area contributed by atoms with Gasteiger partial charge in [0.15, 0.2) is 0 Å². The number of carbonyl (C=O) groups is 1. The van der Waals surface area contributed by atoms with Crippen LogP contribution >= 0.6 is 10.3 Å². The second-order valence-corrected chi connectivity index (χ2v) is 16.6. The Kier molecular flexibility index (Phi) is 8.58. The van der Waals surface area contributed by atoms with Crippen LogP contribution in [0.3, 0.4) is 0 Å². The Morgan fingerprint density at radius 2 is 1.16 bits per heavy atom. The molecule has 238 valence electrons. The summed E-state index contributed by atoms with van der Waals surface area (Å²) in [5.74, 6) is -8.56. The predicted molar refractivity (Wildman–Crippen MR) is 157 cm³/mol. The Hall–Kier alpha value is -3.09. The topological polar surface area (TPSA) is 78.9 Å². The van der Waals surface area contributed by atoms with E-state index in [4.69, 9.17) is 13.1 Å². The number of carbonyl (C=O) groups excluding carboxylic acids is 1. The molecule has 6 nitrogen and oxygen atoms in total. The van der Waals surface area contributed by atoms with E-state index in [9.17, 15) is 13.2 Å². The number of benzene rings is 3. The molecule has 0 aromatic heterocycles. The SMILES string of the molecule is CC(C)(C)OC(=O)OC1CC2CC1CC2C(F)(F)C(F)(F)S(=O)(=O)OS(c1ccccc1)(c1ccccc1)c1ccccc1. The summed E-state index contributed by atoms with van der Waals surface area (Å²) in [4.78, 5) is 12.9.